The van der Waals surface area contributed by atoms with E-state index in [1.165, 1.54) is 10.9 Å². The summed E-state index contributed by atoms with van der Waals surface area (Å²) in [6.45, 7) is 4.36. The second-order valence-electron chi connectivity index (χ2n) is 7.04. The van der Waals surface area contributed by atoms with Crippen LogP contribution in [0.5, 0.6) is 0 Å². The van der Waals surface area contributed by atoms with Gasteiger partial charge >= 0.3 is 0 Å². The van der Waals surface area contributed by atoms with Crippen molar-refractivity contribution in [2.45, 2.75) is 25.6 Å². The van der Waals surface area contributed by atoms with E-state index in [9.17, 15) is 4.79 Å². The fraction of sp³-hybridized carbons (Fsp3) is 0.350. The average molecular weight is 351 g/mol. The monoisotopic (exact) mass is 351 g/mol. The van der Waals surface area contributed by atoms with Crippen molar-refractivity contribution in [3.8, 4) is 0 Å². The molecule has 0 bridgehead atoms. The average Bonchev–Trinajstić information content (AvgIpc) is 3.20. The lowest BCUT2D eigenvalue weighted by Crippen LogP contribution is -2.62. The number of aromatic nitrogens is 1. The number of fused-ring (bicyclic) bond motifs is 2. The van der Waals surface area contributed by atoms with E-state index < -0.39 is 0 Å². The maximum absolute atomic E-state index is 12.6. The first-order chi connectivity index (χ1) is 12.3. The van der Waals surface area contributed by atoms with E-state index in [-0.39, 0.29) is 5.91 Å². The van der Waals surface area contributed by atoms with Crippen LogP contribution in [0.4, 0.5) is 0 Å². The lowest BCUT2D eigenvalue weighted by Gasteiger charge is -2.46. The number of rotatable bonds is 3. The molecule has 5 rings (SSSR count). The summed E-state index contributed by atoms with van der Waals surface area (Å²) >= 11 is 1.88. The number of carbonyl (C=O) groups excluding carboxylic acids is 1. The first kappa shape index (κ1) is 15.2. The normalized spacial score (nSPS) is 18.3. The zero-order valence-electron chi connectivity index (χ0n) is 14.1. The molecular weight excluding hydrogens is 330 g/mol. The summed E-state index contributed by atoms with van der Waals surface area (Å²) in [7, 11) is 0. The Bertz CT molecular complexity index is 922. The van der Waals surface area contributed by atoms with E-state index in [1.807, 2.05) is 34.6 Å². The first-order valence-corrected chi connectivity index (χ1v) is 9.77. The molecule has 1 amide bonds. The molecule has 0 aliphatic carbocycles. The van der Waals surface area contributed by atoms with Crippen molar-refractivity contribution in [1.82, 2.24) is 14.4 Å². The Morgan fingerprint density at radius 3 is 2.96 bits per heavy atom. The zero-order valence-corrected chi connectivity index (χ0v) is 14.9. The molecule has 128 valence electrons. The molecule has 0 spiro atoms. The maximum atomic E-state index is 12.6. The molecule has 0 unspecified atom stereocenters. The van der Waals surface area contributed by atoms with Crippen LogP contribution in [0.25, 0.3) is 10.9 Å². The summed E-state index contributed by atoms with van der Waals surface area (Å²) < 4.78 is 2.06. The molecule has 4 nitrogen and oxygen atoms in total. The SMILES string of the molecule is O=C(Cn1ccc2ccccc21)N1CC(N2CCc3sccc3C2)C1. The molecule has 2 aliphatic heterocycles. The minimum absolute atomic E-state index is 0.228. The van der Waals surface area contributed by atoms with Crippen LogP contribution < -0.4 is 0 Å². The Morgan fingerprint density at radius 2 is 2.04 bits per heavy atom. The molecule has 0 atom stereocenters. The Labute approximate surface area is 151 Å². The van der Waals surface area contributed by atoms with Gasteiger partial charge in [0.05, 0.1) is 0 Å². The third-order valence-electron chi connectivity index (χ3n) is 5.55. The van der Waals surface area contributed by atoms with Gasteiger partial charge < -0.3 is 9.47 Å². The zero-order chi connectivity index (χ0) is 16.8. The second kappa shape index (κ2) is 6.00. The number of hydrogen-bond donors (Lipinski definition) is 0. The van der Waals surface area contributed by atoms with Gasteiger partial charge in [0.2, 0.25) is 5.91 Å². The van der Waals surface area contributed by atoms with Crippen LogP contribution in [0.2, 0.25) is 0 Å². The fourth-order valence-electron chi connectivity index (χ4n) is 4.00. The predicted octanol–water partition coefficient (Wildman–Crippen LogP) is 2.97. The van der Waals surface area contributed by atoms with E-state index in [4.69, 9.17) is 0 Å². The highest BCUT2D eigenvalue weighted by atomic mass is 32.1. The quantitative estimate of drug-likeness (QED) is 0.726. The molecule has 2 aliphatic rings. The van der Waals surface area contributed by atoms with Gasteiger partial charge in [-0.3, -0.25) is 9.69 Å². The number of hydrogen-bond acceptors (Lipinski definition) is 3. The number of para-hydroxylation sites is 1. The molecule has 0 saturated carbocycles. The van der Waals surface area contributed by atoms with Gasteiger partial charge in [-0.05, 0) is 40.9 Å². The van der Waals surface area contributed by atoms with Crippen molar-refractivity contribution in [3.05, 3.63) is 58.4 Å². The highest BCUT2D eigenvalue weighted by Gasteiger charge is 2.36. The topological polar surface area (TPSA) is 28.5 Å². The predicted molar refractivity (Wildman–Crippen MR) is 101 cm³/mol. The lowest BCUT2D eigenvalue weighted by molar-refractivity contribution is -0.139. The van der Waals surface area contributed by atoms with Crippen molar-refractivity contribution in [1.29, 1.82) is 0 Å². The lowest BCUT2D eigenvalue weighted by atomic mass is 10.0. The largest absolute Gasteiger partial charge is 0.338 e. The molecule has 2 aromatic heterocycles. The van der Waals surface area contributed by atoms with Gasteiger partial charge in [0, 0.05) is 48.8 Å². The highest BCUT2D eigenvalue weighted by molar-refractivity contribution is 7.10. The van der Waals surface area contributed by atoms with E-state index in [2.05, 4.69) is 39.1 Å². The Balaban J connectivity index is 1.20. The van der Waals surface area contributed by atoms with E-state index in [0.29, 0.717) is 12.6 Å². The molecule has 5 heteroatoms. The second-order valence-corrected chi connectivity index (χ2v) is 8.05. The summed E-state index contributed by atoms with van der Waals surface area (Å²) in [5.41, 5.74) is 2.62. The summed E-state index contributed by atoms with van der Waals surface area (Å²) in [6, 6.07) is 13.1. The molecule has 25 heavy (non-hydrogen) atoms. The van der Waals surface area contributed by atoms with Gasteiger partial charge in [-0.15, -0.1) is 11.3 Å². The van der Waals surface area contributed by atoms with Crippen LogP contribution in [-0.4, -0.2) is 46.0 Å². The van der Waals surface area contributed by atoms with Gasteiger partial charge in [0.25, 0.3) is 0 Å². The van der Waals surface area contributed by atoms with Crippen LogP contribution in [0, 0.1) is 0 Å². The molecule has 4 heterocycles. The molecule has 3 aromatic rings. The standard InChI is InChI=1S/C20H21N3OS/c24-20(14-22-8-5-15-3-1-2-4-18(15)22)23-12-17(13-23)21-9-6-19-16(11-21)7-10-25-19/h1-5,7-8,10,17H,6,9,11-14H2. The summed E-state index contributed by atoms with van der Waals surface area (Å²) in [4.78, 5) is 18.7. The fourth-order valence-corrected chi connectivity index (χ4v) is 4.89. The molecule has 1 aromatic carbocycles. The molecule has 0 radical (unpaired) electrons. The van der Waals surface area contributed by atoms with Gasteiger partial charge in [-0.2, -0.15) is 0 Å². The van der Waals surface area contributed by atoms with Crippen molar-refractivity contribution >= 4 is 28.1 Å². The molecular formula is C20H21N3OS. The maximum Gasteiger partial charge on any atom is 0.242 e. The van der Waals surface area contributed by atoms with Crippen LogP contribution in [0.15, 0.2) is 48.0 Å². The Hall–Kier alpha value is -2.11. The van der Waals surface area contributed by atoms with Gasteiger partial charge in [-0.25, -0.2) is 0 Å². The molecule has 1 saturated heterocycles. The molecule has 1 fully saturated rings. The van der Waals surface area contributed by atoms with Crippen LogP contribution in [-0.2, 0) is 24.3 Å². The van der Waals surface area contributed by atoms with Crippen molar-refractivity contribution in [2.24, 2.45) is 0 Å². The minimum Gasteiger partial charge on any atom is -0.338 e. The molecule has 0 N–H and O–H groups in total. The third-order valence-corrected chi connectivity index (χ3v) is 6.58. The van der Waals surface area contributed by atoms with Gasteiger partial charge in [-0.1, -0.05) is 18.2 Å². The van der Waals surface area contributed by atoms with Crippen LogP contribution >= 0.6 is 11.3 Å². The van der Waals surface area contributed by atoms with Crippen molar-refractivity contribution < 1.29 is 4.79 Å². The number of likely N-dealkylation sites (tertiary alicyclic amines) is 1. The van der Waals surface area contributed by atoms with Crippen molar-refractivity contribution in [2.75, 3.05) is 19.6 Å². The third kappa shape index (κ3) is 2.68. The summed E-state index contributed by atoms with van der Waals surface area (Å²) in [5, 5.41) is 3.39. The highest BCUT2D eigenvalue weighted by Crippen LogP contribution is 2.28. The van der Waals surface area contributed by atoms with E-state index in [0.717, 1.165) is 38.1 Å². The number of benzene rings is 1. The Morgan fingerprint density at radius 1 is 1.16 bits per heavy atom. The summed E-state index contributed by atoms with van der Waals surface area (Å²) in [5.74, 6) is 0.228. The van der Waals surface area contributed by atoms with E-state index >= 15 is 0 Å². The summed E-state index contributed by atoms with van der Waals surface area (Å²) in [6.07, 6.45) is 3.18. The number of thiophene rings is 1. The van der Waals surface area contributed by atoms with Crippen LogP contribution in [0.1, 0.15) is 10.4 Å². The number of carbonyl (C=O) groups is 1. The van der Waals surface area contributed by atoms with Gasteiger partial charge in [0.15, 0.2) is 0 Å². The minimum atomic E-state index is 0.228. The number of amides is 1. The Kier molecular flexibility index (Phi) is 3.64. The van der Waals surface area contributed by atoms with Crippen LogP contribution in [0.3, 0.4) is 0 Å². The van der Waals surface area contributed by atoms with Crippen molar-refractivity contribution in [3.63, 3.8) is 0 Å². The van der Waals surface area contributed by atoms with E-state index in [1.54, 1.807) is 4.88 Å². The first-order valence-electron chi connectivity index (χ1n) is 8.89. The number of nitrogens with zero attached hydrogens (tertiary/aromatic N) is 3. The van der Waals surface area contributed by atoms with Gasteiger partial charge in [0.1, 0.15) is 6.54 Å². The smallest absolute Gasteiger partial charge is 0.242 e.